The Kier molecular flexibility index (Phi) is 4.75. The van der Waals surface area contributed by atoms with E-state index in [1.165, 1.54) is 35.6 Å². The van der Waals surface area contributed by atoms with Crippen molar-refractivity contribution in [2.45, 2.75) is 6.92 Å². The first-order valence-electron chi connectivity index (χ1n) is 8.41. The molecule has 0 unspecified atom stereocenters. The van der Waals surface area contributed by atoms with Crippen molar-refractivity contribution in [1.82, 2.24) is 0 Å². The van der Waals surface area contributed by atoms with Crippen molar-refractivity contribution >= 4 is 51.7 Å². The summed E-state index contributed by atoms with van der Waals surface area (Å²) in [6.07, 6.45) is 0. The Morgan fingerprint density at radius 1 is 1.04 bits per heavy atom. The van der Waals surface area contributed by atoms with E-state index in [4.69, 9.17) is 11.6 Å². The molecule has 0 bridgehead atoms. The predicted octanol–water partition coefficient (Wildman–Crippen LogP) is 5.25. The number of nitrogens with one attached hydrogen (secondary N) is 1. The number of imide groups is 1. The molecule has 0 aliphatic carbocycles. The summed E-state index contributed by atoms with van der Waals surface area (Å²) in [5.41, 5.74) is 2.25. The van der Waals surface area contributed by atoms with E-state index >= 15 is 0 Å². The number of thiophene rings is 1. The first-order valence-corrected chi connectivity index (χ1v) is 9.67. The van der Waals surface area contributed by atoms with Crippen molar-refractivity contribution in [2.24, 2.45) is 0 Å². The zero-order chi connectivity index (χ0) is 19.8. The van der Waals surface area contributed by atoms with Crippen molar-refractivity contribution in [3.8, 4) is 0 Å². The van der Waals surface area contributed by atoms with Crippen LogP contribution in [-0.4, -0.2) is 11.8 Å². The minimum atomic E-state index is -0.503. The molecular formula is C21H14ClFN2O2S. The molecule has 2 amide bonds. The molecule has 1 aromatic heterocycles. The normalized spacial score (nSPS) is 14.2. The Morgan fingerprint density at radius 2 is 1.79 bits per heavy atom. The molecule has 2 heterocycles. The SMILES string of the molecule is Cc1ccc(NC2=C(c3cccs3)C(=O)N(c3ccc(F)cc3)C2=O)cc1Cl. The lowest BCUT2D eigenvalue weighted by atomic mass is 10.1. The zero-order valence-corrected chi connectivity index (χ0v) is 16.3. The van der Waals surface area contributed by atoms with Gasteiger partial charge in [-0.15, -0.1) is 11.3 Å². The fourth-order valence-corrected chi connectivity index (χ4v) is 3.88. The minimum Gasteiger partial charge on any atom is -0.350 e. The lowest BCUT2D eigenvalue weighted by Gasteiger charge is -2.15. The van der Waals surface area contributed by atoms with Gasteiger partial charge in [0.1, 0.15) is 11.5 Å². The van der Waals surface area contributed by atoms with E-state index in [1.807, 2.05) is 24.4 Å². The Labute approximate surface area is 169 Å². The van der Waals surface area contributed by atoms with Gasteiger partial charge >= 0.3 is 0 Å². The first kappa shape index (κ1) is 18.4. The molecule has 0 radical (unpaired) electrons. The first-order chi connectivity index (χ1) is 13.5. The van der Waals surface area contributed by atoms with Crippen LogP contribution < -0.4 is 10.2 Å². The van der Waals surface area contributed by atoms with Gasteiger partial charge in [-0.3, -0.25) is 9.59 Å². The van der Waals surface area contributed by atoms with Gasteiger partial charge in [0.05, 0.1) is 11.3 Å². The van der Waals surface area contributed by atoms with Crippen LogP contribution in [0.3, 0.4) is 0 Å². The number of carbonyl (C=O) groups excluding carboxylic acids is 2. The highest BCUT2D eigenvalue weighted by Crippen LogP contribution is 2.36. The third kappa shape index (κ3) is 3.21. The molecule has 1 N–H and O–H groups in total. The molecule has 1 aliphatic rings. The van der Waals surface area contributed by atoms with Crippen LogP contribution in [0.5, 0.6) is 0 Å². The molecule has 0 spiro atoms. The summed E-state index contributed by atoms with van der Waals surface area (Å²) in [4.78, 5) is 28.0. The Hall–Kier alpha value is -2.96. The summed E-state index contributed by atoms with van der Waals surface area (Å²) in [5, 5.41) is 5.44. The van der Waals surface area contributed by atoms with Gasteiger partial charge in [-0.1, -0.05) is 23.7 Å². The lowest BCUT2D eigenvalue weighted by molar-refractivity contribution is -0.120. The summed E-state index contributed by atoms with van der Waals surface area (Å²) >= 11 is 7.55. The van der Waals surface area contributed by atoms with Gasteiger partial charge in [-0.25, -0.2) is 9.29 Å². The van der Waals surface area contributed by atoms with E-state index in [2.05, 4.69) is 5.32 Å². The number of carbonyl (C=O) groups is 2. The fourth-order valence-electron chi connectivity index (χ4n) is 2.93. The maximum Gasteiger partial charge on any atom is 0.282 e. The quantitative estimate of drug-likeness (QED) is 0.596. The Balaban J connectivity index is 1.79. The monoisotopic (exact) mass is 412 g/mol. The maximum absolute atomic E-state index is 13.3. The third-order valence-corrected chi connectivity index (χ3v) is 5.67. The number of nitrogens with zero attached hydrogens (tertiary/aromatic N) is 1. The standard InChI is InChI=1S/C21H14ClFN2O2S/c1-12-4-7-14(11-16(12)22)24-19-18(17-3-2-10-28-17)20(26)25(21(19)27)15-8-5-13(23)6-9-15/h2-11,24H,1H3. The second kappa shape index (κ2) is 7.22. The Morgan fingerprint density at radius 3 is 2.43 bits per heavy atom. The largest absolute Gasteiger partial charge is 0.350 e. The fraction of sp³-hybridized carbons (Fsp3) is 0.0476. The van der Waals surface area contributed by atoms with Gasteiger partial charge in [-0.2, -0.15) is 0 Å². The van der Waals surface area contributed by atoms with Crippen molar-refractivity contribution in [3.05, 3.63) is 87.0 Å². The van der Waals surface area contributed by atoms with E-state index in [9.17, 15) is 14.0 Å². The average Bonchev–Trinajstić information content (AvgIpc) is 3.27. The predicted molar refractivity (Wildman–Crippen MR) is 110 cm³/mol. The maximum atomic E-state index is 13.3. The molecule has 0 fully saturated rings. The van der Waals surface area contributed by atoms with Crippen LogP contribution in [0.15, 0.2) is 65.7 Å². The number of hydrogen-bond donors (Lipinski definition) is 1. The van der Waals surface area contributed by atoms with Crippen LogP contribution in [-0.2, 0) is 9.59 Å². The molecule has 4 rings (SSSR count). The molecule has 28 heavy (non-hydrogen) atoms. The van der Waals surface area contributed by atoms with E-state index in [0.29, 0.717) is 21.3 Å². The van der Waals surface area contributed by atoms with Gasteiger partial charge in [0.2, 0.25) is 0 Å². The van der Waals surface area contributed by atoms with Crippen LogP contribution in [0.25, 0.3) is 5.57 Å². The summed E-state index contributed by atoms with van der Waals surface area (Å²) in [6.45, 7) is 1.88. The average molecular weight is 413 g/mol. The molecule has 2 aromatic carbocycles. The second-order valence-electron chi connectivity index (χ2n) is 6.24. The molecule has 0 saturated heterocycles. The van der Waals surface area contributed by atoms with Gasteiger partial charge in [-0.05, 0) is 60.3 Å². The van der Waals surface area contributed by atoms with Crippen molar-refractivity contribution in [2.75, 3.05) is 10.2 Å². The molecule has 4 nitrogen and oxygen atoms in total. The molecule has 140 valence electrons. The van der Waals surface area contributed by atoms with Crippen LogP contribution in [0.1, 0.15) is 10.4 Å². The van der Waals surface area contributed by atoms with Crippen LogP contribution in [0.4, 0.5) is 15.8 Å². The summed E-state index contributed by atoms with van der Waals surface area (Å²) < 4.78 is 13.3. The number of aryl methyl sites for hydroxylation is 1. The number of rotatable bonds is 4. The summed E-state index contributed by atoms with van der Waals surface area (Å²) in [5.74, 6) is -1.40. The molecule has 0 saturated carbocycles. The van der Waals surface area contributed by atoms with Gasteiger partial charge in [0, 0.05) is 15.6 Å². The number of halogens is 2. The van der Waals surface area contributed by atoms with Crippen LogP contribution in [0, 0.1) is 12.7 Å². The molecular weight excluding hydrogens is 399 g/mol. The summed E-state index contributed by atoms with van der Waals surface area (Å²) in [7, 11) is 0. The van der Waals surface area contributed by atoms with E-state index in [1.54, 1.807) is 18.2 Å². The highest BCUT2D eigenvalue weighted by Gasteiger charge is 2.40. The lowest BCUT2D eigenvalue weighted by Crippen LogP contribution is -2.32. The third-order valence-electron chi connectivity index (χ3n) is 4.38. The van der Waals surface area contributed by atoms with Gasteiger partial charge in [0.15, 0.2) is 0 Å². The van der Waals surface area contributed by atoms with Crippen LogP contribution in [0.2, 0.25) is 5.02 Å². The molecule has 1 aliphatic heterocycles. The van der Waals surface area contributed by atoms with Crippen molar-refractivity contribution in [3.63, 3.8) is 0 Å². The molecule has 3 aromatic rings. The van der Waals surface area contributed by atoms with Gasteiger partial charge in [0.25, 0.3) is 11.8 Å². The van der Waals surface area contributed by atoms with E-state index in [0.717, 1.165) is 10.5 Å². The smallest absolute Gasteiger partial charge is 0.282 e. The number of hydrogen-bond acceptors (Lipinski definition) is 4. The minimum absolute atomic E-state index is 0.164. The van der Waals surface area contributed by atoms with Crippen molar-refractivity contribution < 1.29 is 14.0 Å². The highest BCUT2D eigenvalue weighted by molar-refractivity contribution is 7.11. The topological polar surface area (TPSA) is 49.4 Å². The number of amides is 2. The highest BCUT2D eigenvalue weighted by atomic mass is 35.5. The Bertz CT molecular complexity index is 1110. The van der Waals surface area contributed by atoms with E-state index < -0.39 is 17.6 Å². The van der Waals surface area contributed by atoms with Crippen LogP contribution >= 0.6 is 22.9 Å². The zero-order valence-electron chi connectivity index (χ0n) is 14.7. The molecule has 0 atom stereocenters. The number of benzene rings is 2. The number of anilines is 2. The summed E-state index contributed by atoms with van der Waals surface area (Å²) in [6, 6.07) is 14.2. The molecule has 7 heteroatoms. The van der Waals surface area contributed by atoms with Gasteiger partial charge < -0.3 is 5.32 Å². The van der Waals surface area contributed by atoms with E-state index in [-0.39, 0.29) is 11.3 Å². The second-order valence-corrected chi connectivity index (χ2v) is 7.59. The van der Waals surface area contributed by atoms with Crippen molar-refractivity contribution in [1.29, 1.82) is 0 Å².